The second kappa shape index (κ2) is 7.03. The van der Waals surface area contributed by atoms with Gasteiger partial charge in [0.15, 0.2) is 0 Å². The third-order valence-electron chi connectivity index (χ3n) is 4.66. The molecule has 3 aromatic rings. The molecule has 5 heteroatoms. The fourth-order valence-corrected chi connectivity index (χ4v) is 3.30. The van der Waals surface area contributed by atoms with Crippen LogP contribution in [0.3, 0.4) is 0 Å². The lowest BCUT2D eigenvalue weighted by Gasteiger charge is -2.34. The van der Waals surface area contributed by atoms with Crippen molar-refractivity contribution in [3.8, 4) is 11.8 Å². The van der Waals surface area contributed by atoms with E-state index in [2.05, 4.69) is 23.1 Å². The van der Waals surface area contributed by atoms with Crippen molar-refractivity contribution in [2.75, 3.05) is 31.7 Å². The monoisotopic (exact) mass is 345 g/mol. The van der Waals surface area contributed by atoms with Crippen LogP contribution in [-0.2, 0) is 4.74 Å². The van der Waals surface area contributed by atoms with Crippen LogP contribution in [0.4, 0.5) is 5.82 Å². The summed E-state index contributed by atoms with van der Waals surface area (Å²) in [6, 6.07) is 20.0. The molecular weight excluding hydrogens is 326 g/mol. The summed E-state index contributed by atoms with van der Waals surface area (Å²) in [5, 5.41) is 10.5. The van der Waals surface area contributed by atoms with E-state index in [4.69, 9.17) is 14.5 Å². The molecule has 1 saturated heterocycles. The average molecular weight is 345 g/mol. The Bertz CT molecular complexity index is 966. The molecule has 130 valence electrons. The van der Waals surface area contributed by atoms with Crippen LogP contribution in [0.25, 0.3) is 10.9 Å². The number of hydrogen-bond acceptors (Lipinski definition) is 5. The molecule has 1 aliphatic rings. The first-order valence-electron chi connectivity index (χ1n) is 8.59. The molecule has 0 saturated carbocycles. The van der Waals surface area contributed by atoms with Gasteiger partial charge in [0, 0.05) is 24.5 Å². The highest BCUT2D eigenvalue weighted by molar-refractivity contribution is 5.84. The molecule has 2 aromatic carbocycles. The maximum atomic E-state index is 9.62. The fourth-order valence-electron chi connectivity index (χ4n) is 3.30. The number of hydrogen-bond donors (Lipinski definition) is 0. The van der Waals surface area contributed by atoms with Crippen molar-refractivity contribution in [1.29, 1.82) is 5.26 Å². The number of methoxy groups -OCH3 is 1. The van der Waals surface area contributed by atoms with Gasteiger partial charge in [-0.2, -0.15) is 5.26 Å². The van der Waals surface area contributed by atoms with Gasteiger partial charge >= 0.3 is 0 Å². The van der Waals surface area contributed by atoms with Gasteiger partial charge < -0.3 is 14.4 Å². The van der Waals surface area contributed by atoms with E-state index in [1.54, 1.807) is 7.11 Å². The summed E-state index contributed by atoms with van der Waals surface area (Å²) in [7, 11) is 1.64. The number of anilines is 1. The topological polar surface area (TPSA) is 58.4 Å². The first kappa shape index (κ1) is 16.4. The molecule has 0 radical (unpaired) electrons. The van der Waals surface area contributed by atoms with Gasteiger partial charge in [-0.25, -0.2) is 4.98 Å². The van der Waals surface area contributed by atoms with Crippen molar-refractivity contribution < 1.29 is 9.47 Å². The maximum absolute atomic E-state index is 9.62. The summed E-state index contributed by atoms with van der Waals surface area (Å²) in [6.07, 6.45) is -0.0284. The van der Waals surface area contributed by atoms with Crippen LogP contribution in [0.2, 0.25) is 0 Å². The molecule has 4 rings (SSSR count). The van der Waals surface area contributed by atoms with E-state index in [1.807, 2.05) is 42.5 Å². The fraction of sp³-hybridized carbons (Fsp3) is 0.238. The van der Waals surface area contributed by atoms with Gasteiger partial charge in [-0.1, -0.05) is 30.3 Å². The Labute approximate surface area is 152 Å². The number of ether oxygens (including phenoxy) is 2. The van der Waals surface area contributed by atoms with Gasteiger partial charge in [-0.05, 0) is 23.8 Å². The number of nitrogens with zero attached hydrogens (tertiary/aromatic N) is 3. The minimum absolute atomic E-state index is 0.0284. The molecule has 2 heterocycles. The van der Waals surface area contributed by atoms with Crippen LogP contribution >= 0.6 is 0 Å². The second-order valence-electron chi connectivity index (χ2n) is 6.25. The van der Waals surface area contributed by atoms with Crippen molar-refractivity contribution in [2.45, 2.75) is 6.10 Å². The molecule has 1 aromatic heterocycles. The van der Waals surface area contributed by atoms with Crippen LogP contribution < -0.4 is 9.64 Å². The molecule has 0 amide bonds. The molecule has 0 bridgehead atoms. The SMILES string of the molecule is COc1ccc2cc(C#N)c(N3CCO[C@@H](c4ccccc4)C3)nc2c1. The molecule has 1 fully saturated rings. The maximum Gasteiger partial charge on any atom is 0.147 e. The lowest BCUT2D eigenvalue weighted by molar-refractivity contribution is 0.0395. The summed E-state index contributed by atoms with van der Waals surface area (Å²) in [6.45, 7) is 1.98. The van der Waals surface area contributed by atoms with E-state index in [0.29, 0.717) is 31.1 Å². The zero-order chi connectivity index (χ0) is 17.9. The lowest BCUT2D eigenvalue weighted by Crippen LogP contribution is -2.39. The van der Waals surface area contributed by atoms with Crippen LogP contribution in [0, 0.1) is 11.3 Å². The standard InChI is InChI=1S/C21H19N3O2/c1-25-18-8-7-16-11-17(13-22)21(23-19(16)12-18)24-9-10-26-20(14-24)15-5-3-2-4-6-15/h2-8,11-12,20H,9-10,14H2,1H3/t20-/m1/s1. The summed E-state index contributed by atoms with van der Waals surface area (Å²) < 4.78 is 11.2. The van der Waals surface area contributed by atoms with Crippen LogP contribution in [0.15, 0.2) is 54.6 Å². The smallest absolute Gasteiger partial charge is 0.147 e. The van der Waals surface area contributed by atoms with Crippen LogP contribution in [0.1, 0.15) is 17.2 Å². The Balaban J connectivity index is 1.71. The zero-order valence-corrected chi connectivity index (χ0v) is 14.6. The zero-order valence-electron chi connectivity index (χ0n) is 14.6. The van der Waals surface area contributed by atoms with E-state index in [1.165, 1.54) is 0 Å². The van der Waals surface area contributed by atoms with Gasteiger partial charge in [0.1, 0.15) is 23.7 Å². The Morgan fingerprint density at radius 1 is 1.19 bits per heavy atom. The molecule has 0 N–H and O–H groups in total. The molecule has 26 heavy (non-hydrogen) atoms. The van der Waals surface area contributed by atoms with E-state index in [-0.39, 0.29) is 6.10 Å². The predicted octanol–water partition coefficient (Wildman–Crippen LogP) is 3.69. The van der Waals surface area contributed by atoms with Crippen LogP contribution in [-0.4, -0.2) is 31.8 Å². The number of fused-ring (bicyclic) bond motifs is 1. The summed E-state index contributed by atoms with van der Waals surface area (Å²) in [5.41, 5.74) is 2.54. The summed E-state index contributed by atoms with van der Waals surface area (Å²) >= 11 is 0. The van der Waals surface area contributed by atoms with E-state index in [0.717, 1.165) is 22.2 Å². The molecule has 1 aliphatic heterocycles. The molecule has 0 aliphatic carbocycles. The number of nitriles is 1. The highest BCUT2D eigenvalue weighted by Crippen LogP contribution is 2.30. The predicted molar refractivity (Wildman–Crippen MR) is 100 cm³/mol. The van der Waals surface area contributed by atoms with Gasteiger partial charge in [-0.15, -0.1) is 0 Å². The average Bonchev–Trinajstić information content (AvgIpc) is 2.73. The van der Waals surface area contributed by atoms with E-state index < -0.39 is 0 Å². The Kier molecular flexibility index (Phi) is 4.42. The van der Waals surface area contributed by atoms with Gasteiger partial charge in [0.05, 0.1) is 24.8 Å². The quantitative estimate of drug-likeness (QED) is 0.724. The Hall–Kier alpha value is -3.10. The molecular formula is C21H19N3O2. The van der Waals surface area contributed by atoms with Crippen molar-refractivity contribution in [3.63, 3.8) is 0 Å². The molecule has 0 spiro atoms. The van der Waals surface area contributed by atoms with E-state index >= 15 is 0 Å². The first-order valence-corrected chi connectivity index (χ1v) is 8.59. The highest BCUT2D eigenvalue weighted by atomic mass is 16.5. The summed E-state index contributed by atoms with van der Waals surface area (Å²) in [4.78, 5) is 6.91. The van der Waals surface area contributed by atoms with Crippen molar-refractivity contribution in [1.82, 2.24) is 4.98 Å². The summed E-state index contributed by atoms with van der Waals surface area (Å²) in [5.74, 6) is 1.46. The Morgan fingerprint density at radius 2 is 2.04 bits per heavy atom. The first-order chi connectivity index (χ1) is 12.8. The molecule has 1 atom stereocenters. The van der Waals surface area contributed by atoms with Gasteiger partial charge in [0.2, 0.25) is 0 Å². The largest absolute Gasteiger partial charge is 0.497 e. The second-order valence-corrected chi connectivity index (χ2v) is 6.25. The van der Waals surface area contributed by atoms with Gasteiger partial charge in [0.25, 0.3) is 0 Å². The van der Waals surface area contributed by atoms with Crippen molar-refractivity contribution in [3.05, 3.63) is 65.7 Å². The van der Waals surface area contributed by atoms with E-state index in [9.17, 15) is 5.26 Å². The highest BCUT2D eigenvalue weighted by Gasteiger charge is 2.25. The minimum Gasteiger partial charge on any atom is -0.497 e. The third kappa shape index (κ3) is 3.07. The van der Waals surface area contributed by atoms with Crippen molar-refractivity contribution in [2.24, 2.45) is 0 Å². The van der Waals surface area contributed by atoms with Gasteiger partial charge in [-0.3, -0.25) is 0 Å². The van der Waals surface area contributed by atoms with Crippen LogP contribution in [0.5, 0.6) is 5.75 Å². The number of pyridine rings is 1. The van der Waals surface area contributed by atoms with Crippen molar-refractivity contribution >= 4 is 16.7 Å². The lowest BCUT2D eigenvalue weighted by atomic mass is 10.1. The molecule has 5 nitrogen and oxygen atoms in total. The number of rotatable bonds is 3. The third-order valence-corrected chi connectivity index (χ3v) is 4.66. The minimum atomic E-state index is -0.0284. The number of aromatic nitrogens is 1. The molecule has 0 unspecified atom stereocenters. The Morgan fingerprint density at radius 3 is 2.81 bits per heavy atom. The number of benzene rings is 2. The normalized spacial score (nSPS) is 17.1. The number of morpholine rings is 1.